The molecule has 1 saturated carbocycles. The van der Waals surface area contributed by atoms with Gasteiger partial charge >= 0.3 is 24.3 Å². The van der Waals surface area contributed by atoms with Gasteiger partial charge in [-0.2, -0.15) is 26.3 Å². The Bertz CT molecular complexity index is 845. The van der Waals surface area contributed by atoms with Crippen molar-refractivity contribution in [2.24, 2.45) is 5.92 Å². The molecule has 3 aliphatic rings. The normalized spacial score (nSPS) is 24.2. The van der Waals surface area contributed by atoms with E-state index in [1.165, 1.54) is 38.8 Å². The van der Waals surface area contributed by atoms with Gasteiger partial charge in [0.25, 0.3) is 0 Å². The monoisotopic (exact) mass is 530 g/mol. The van der Waals surface area contributed by atoms with Crippen molar-refractivity contribution in [2.75, 3.05) is 38.2 Å². The largest absolute Gasteiger partial charge is 0.490 e. The molecule has 2 unspecified atom stereocenters. The molecule has 1 aromatic rings. The average molecular weight is 530 g/mol. The molecule has 1 spiro atoms. The Kier molecular flexibility index (Phi) is 9.88. The standard InChI is InChI=1S/C17H26N4O.2C2HF3O2/c1-20(16-18-7-3-8-19-16)15-10-17(22-12-15)6-2-9-21(13-17)11-14-4-5-14;2*3-2(4,5)1(6)7/h3,7-8,14-15H,2,4-6,9-13H2,1H3;2*(H,6,7). The smallest absolute Gasteiger partial charge is 0.475 e. The zero-order valence-electron chi connectivity index (χ0n) is 19.4. The number of halogens is 6. The Morgan fingerprint density at radius 2 is 1.64 bits per heavy atom. The molecule has 204 valence electrons. The van der Waals surface area contributed by atoms with Crippen molar-refractivity contribution < 1.29 is 50.9 Å². The molecule has 0 bridgehead atoms. The second-order valence-corrected chi connectivity index (χ2v) is 8.90. The number of carboxylic acids is 2. The van der Waals surface area contributed by atoms with E-state index in [1.807, 2.05) is 18.5 Å². The van der Waals surface area contributed by atoms with Gasteiger partial charge in [0.15, 0.2) is 0 Å². The van der Waals surface area contributed by atoms with E-state index in [1.54, 1.807) is 0 Å². The first-order valence-electron chi connectivity index (χ1n) is 11.1. The fraction of sp³-hybridized carbons (Fsp3) is 0.714. The summed E-state index contributed by atoms with van der Waals surface area (Å²) in [6, 6.07) is 2.25. The minimum absolute atomic E-state index is 0.0703. The maximum atomic E-state index is 10.6. The van der Waals surface area contributed by atoms with E-state index < -0.39 is 24.3 Å². The van der Waals surface area contributed by atoms with E-state index in [0.29, 0.717) is 6.04 Å². The van der Waals surface area contributed by atoms with Gasteiger partial charge < -0.3 is 24.7 Å². The molecular formula is C21H28F6N4O5. The van der Waals surface area contributed by atoms with Crippen molar-refractivity contribution in [3.63, 3.8) is 0 Å². The van der Waals surface area contributed by atoms with Crippen molar-refractivity contribution >= 4 is 17.9 Å². The molecule has 15 heteroatoms. The Labute approximate surface area is 203 Å². The fourth-order valence-electron chi connectivity index (χ4n) is 4.00. The number of piperidine rings is 1. The molecule has 1 aromatic heterocycles. The van der Waals surface area contributed by atoms with Gasteiger partial charge in [0.2, 0.25) is 5.95 Å². The molecule has 1 aliphatic carbocycles. The number of aromatic nitrogens is 2. The van der Waals surface area contributed by atoms with Gasteiger partial charge in [-0.25, -0.2) is 19.6 Å². The van der Waals surface area contributed by atoms with Crippen LogP contribution in [0.5, 0.6) is 0 Å². The van der Waals surface area contributed by atoms with Crippen molar-refractivity contribution in [1.82, 2.24) is 14.9 Å². The first-order valence-corrected chi connectivity index (χ1v) is 11.1. The minimum atomic E-state index is -5.08. The summed E-state index contributed by atoms with van der Waals surface area (Å²) in [4.78, 5) is 31.4. The molecule has 36 heavy (non-hydrogen) atoms. The van der Waals surface area contributed by atoms with Gasteiger partial charge in [-0.15, -0.1) is 0 Å². The van der Waals surface area contributed by atoms with E-state index in [0.717, 1.165) is 31.4 Å². The van der Waals surface area contributed by atoms with Crippen LogP contribution in [0.25, 0.3) is 0 Å². The molecule has 3 heterocycles. The van der Waals surface area contributed by atoms with Crippen molar-refractivity contribution in [2.45, 2.75) is 56.1 Å². The molecule has 0 radical (unpaired) electrons. The Morgan fingerprint density at radius 1 is 1.11 bits per heavy atom. The zero-order chi connectivity index (χ0) is 27.1. The number of rotatable bonds is 4. The predicted octanol–water partition coefficient (Wildman–Crippen LogP) is 3.21. The second-order valence-electron chi connectivity index (χ2n) is 8.90. The number of alkyl halides is 6. The van der Waals surface area contributed by atoms with Gasteiger partial charge in [0, 0.05) is 39.0 Å². The highest BCUT2D eigenvalue weighted by Gasteiger charge is 2.45. The van der Waals surface area contributed by atoms with Gasteiger partial charge in [-0.05, 0) is 44.2 Å². The topological polar surface area (TPSA) is 116 Å². The molecule has 2 aliphatic heterocycles. The van der Waals surface area contributed by atoms with Gasteiger partial charge in [-0.3, -0.25) is 0 Å². The number of ether oxygens (including phenoxy) is 1. The molecule has 2 atom stereocenters. The van der Waals surface area contributed by atoms with Crippen LogP contribution >= 0.6 is 0 Å². The van der Waals surface area contributed by atoms with E-state index in [9.17, 15) is 26.3 Å². The third kappa shape index (κ3) is 9.41. The Balaban J connectivity index is 0.000000271. The zero-order valence-corrected chi connectivity index (χ0v) is 19.4. The van der Waals surface area contributed by atoms with Gasteiger partial charge in [0.1, 0.15) is 0 Å². The number of carbonyl (C=O) groups is 2. The molecule has 3 fully saturated rings. The lowest BCUT2D eigenvalue weighted by atomic mass is 9.88. The number of carboxylic acid groups (broad SMARTS) is 2. The number of likely N-dealkylation sites (tertiary alicyclic amines) is 1. The molecular weight excluding hydrogens is 502 g/mol. The maximum absolute atomic E-state index is 10.6. The van der Waals surface area contributed by atoms with E-state index in [2.05, 4.69) is 26.8 Å². The lowest BCUT2D eigenvalue weighted by Gasteiger charge is -2.40. The Hall–Kier alpha value is -2.68. The molecule has 2 N–H and O–H groups in total. The SMILES string of the molecule is CN(c1ncccn1)C1COC2(CCCN(CC3CC3)C2)C1.O=C(O)C(F)(F)F.O=C(O)C(F)(F)F. The summed E-state index contributed by atoms with van der Waals surface area (Å²) >= 11 is 0. The lowest BCUT2D eigenvalue weighted by Crippen LogP contribution is -2.49. The highest BCUT2D eigenvalue weighted by molar-refractivity contribution is 5.73. The fourth-order valence-corrected chi connectivity index (χ4v) is 4.00. The van der Waals surface area contributed by atoms with Crippen molar-refractivity contribution in [3.8, 4) is 0 Å². The highest BCUT2D eigenvalue weighted by Crippen LogP contribution is 2.38. The van der Waals surface area contributed by atoms with E-state index in [4.69, 9.17) is 24.5 Å². The number of hydrogen-bond acceptors (Lipinski definition) is 7. The Morgan fingerprint density at radius 3 is 2.11 bits per heavy atom. The third-order valence-electron chi connectivity index (χ3n) is 5.92. The van der Waals surface area contributed by atoms with Crippen LogP contribution in [0.1, 0.15) is 32.1 Å². The number of nitrogens with zero attached hydrogens (tertiary/aromatic N) is 4. The van der Waals surface area contributed by atoms with Crippen LogP contribution in [0, 0.1) is 5.92 Å². The molecule has 9 nitrogen and oxygen atoms in total. The summed E-state index contributed by atoms with van der Waals surface area (Å²) in [5, 5.41) is 14.2. The summed E-state index contributed by atoms with van der Waals surface area (Å²) in [6.45, 7) is 4.45. The number of hydrogen-bond donors (Lipinski definition) is 2. The van der Waals surface area contributed by atoms with Gasteiger partial charge in [-0.1, -0.05) is 0 Å². The minimum Gasteiger partial charge on any atom is -0.475 e. The van der Waals surface area contributed by atoms with Crippen LogP contribution in [0.3, 0.4) is 0 Å². The van der Waals surface area contributed by atoms with Crippen molar-refractivity contribution in [1.29, 1.82) is 0 Å². The summed E-state index contributed by atoms with van der Waals surface area (Å²) < 4.78 is 69.8. The molecule has 4 rings (SSSR count). The number of aliphatic carboxylic acids is 2. The molecule has 0 aromatic carbocycles. The van der Waals surface area contributed by atoms with Gasteiger partial charge in [0.05, 0.1) is 18.2 Å². The summed E-state index contributed by atoms with van der Waals surface area (Å²) in [7, 11) is 2.09. The third-order valence-corrected chi connectivity index (χ3v) is 5.92. The summed E-state index contributed by atoms with van der Waals surface area (Å²) in [5.74, 6) is -3.74. The first kappa shape index (κ1) is 29.5. The predicted molar refractivity (Wildman–Crippen MR) is 113 cm³/mol. The summed E-state index contributed by atoms with van der Waals surface area (Å²) in [5.41, 5.74) is 0.0703. The van der Waals surface area contributed by atoms with Crippen molar-refractivity contribution in [3.05, 3.63) is 18.5 Å². The van der Waals surface area contributed by atoms with Crippen LogP contribution in [0.2, 0.25) is 0 Å². The number of likely N-dealkylation sites (N-methyl/N-ethyl adjacent to an activating group) is 1. The second kappa shape index (κ2) is 12.0. The lowest BCUT2D eigenvalue weighted by molar-refractivity contribution is -0.193. The quantitative estimate of drug-likeness (QED) is 0.566. The first-order chi connectivity index (χ1) is 16.6. The van der Waals surface area contributed by atoms with E-state index in [-0.39, 0.29) is 5.60 Å². The van der Waals surface area contributed by atoms with Crippen LogP contribution < -0.4 is 4.90 Å². The number of anilines is 1. The van der Waals surface area contributed by atoms with Crippen LogP contribution in [0.4, 0.5) is 32.3 Å². The molecule has 2 saturated heterocycles. The van der Waals surface area contributed by atoms with E-state index >= 15 is 0 Å². The highest BCUT2D eigenvalue weighted by atomic mass is 19.4. The summed E-state index contributed by atoms with van der Waals surface area (Å²) in [6.07, 6.45) is -0.116. The molecule has 0 amide bonds. The average Bonchev–Trinajstić information content (AvgIpc) is 3.52. The van der Waals surface area contributed by atoms with Crippen LogP contribution in [0.15, 0.2) is 18.5 Å². The van der Waals surface area contributed by atoms with Crippen LogP contribution in [-0.4, -0.2) is 94.3 Å². The maximum Gasteiger partial charge on any atom is 0.490 e. The van der Waals surface area contributed by atoms with Crippen LogP contribution in [-0.2, 0) is 14.3 Å².